The summed E-state index contributed by atoms with van der Waals surface area (Å²) in [4.78, 5) is 12.0. The molecule has 0 unspecified atom stereocenters. The van der Waals surface area contributed by atoms with Gasteiger partial charge in [-0.05, 0) is 54.4 Å². The third-order valence-electron chi connectivity index (χ3n) is 4.22. The minimum atomic E-state index is -0.555. The Morgan fingerprint density at radius 1 is 1.07 bits per heavy atom. The van der Waals surface area contributed by atoms with E-state index in [0.29, 0.717) is 22.6 Å². The molecule has 6 heteroatoms. The van der Waals surface area contributed by atoms with E-state index >= 15 is 0 Å². The van der Waals surface area contributed by atoms with Crippen LogP contribution in [0.5, 0.6) is 5.75 Å². The number of hydrogen-bond acceptors (Lipinski definition) is 4. The third-order valence-corrected chi connectivity index (χ3v) is 4.22. The number of carbonyl (C=O) groups is 1. The lowest BCUT2D eigenvalue weighted by atomic mass is 10.1. The average Bonchev–Trinajstić information content (AvgIpc) is 2.74. The van der Waals surface area contributed by atoms with Crippen molar-refractivity contribution in [1.82, 2.24) is 0 Å². The van der Waals surface area contributed by atoms with Gasteiger partial charge in [0.05, 0.1) is 11.6 Å². The summed E-state index contributed by atoms with van der Waals surface area (Å²) >= 11 is 0. The quantitative estimate of drug-likeness (QED) is 0.617. The number of aryl methyl sites for hydroxylation is 1. The van der Waals surface area contributed by atoms with E-state index in [4.69, 9.17) is 14.7 Å². The lowest BCUT2D eigenvalue weighted by Gasteiger charge is -2.12. The number of rotatable bonds is 6. The normalized spacial score (nSPS) is 10.1. The van der Waals surface area contributed by atoms with E-state index in [1.807, 2.05) is 43.3 Å². The van der Waals surface area contributed by atoms with Gasteiger partial charge >= 0.3 is 6.09 Å². The van der Waals surface area contributed by atoms with Crippen molar-refractivity contribution in [2.24, 2.45) is 0 Å². The molecule has 0 aromatic heterocycles. The first-order valence-electron chi connectivity index (χ1n) is 8.95. The predicted octanol–water partition coefficient (Wildman–Crippen LogP) is 5.33. The van der Waals surface area contributed by atoms with E-state index in [2.05, 4.69) is 5.32 Å². The van der Waals surface area contributed by atoms with E-state index in [1.165, 1.54) is 18.2 Å². The number of amides is 1. The minimum Gasteiger partial charge on any atom is -0.489 e. The summed E-state index contributed by atoms with van der Waals surface area (Å²) < 4.78 is 24.7. The largest absolute Gasteiger partial charge is 0.489 e. The topological polar surface area (TPSA) is 71.3 Å². The molecule has 3 aromatic carbocycles. The summed E-state index contributed by atoms with van der Waals surface area (Å²) in [7, 11) is 0. The molecule has 0 bridgehead atoms. The van der Waals surface area contributed by atoms with Crippen molar-refractivity contribution in [2.45, 2.75) is 20.1 Å². The van der Waals surface area contributed by atoms with Crippen molar-refractivity contribution in [3.05, 3.63) is 94.8 Å². The highest BCUT2D eigenvalue weighted by atomic mass is 19.1. The highest BCUT2D eigenvalue weighted by molar-refractivity contribution is 5.85. The molecule has 1 amide bonds. The molecule has 146 valence electrons. The van der Waals surface area contributed by atoms with Crippen molar-refractivity contribution in [2.75, 3.05) is 5.32 Å². The van der Waals surface area contributed by atoms with E-state index in [-0.39, 0.29) is 13.2 Å². The van der Waals surface area contributed by atoms with Crippen molar-refractivity contribution in [3.8, 4) is 11.8 Å². The molecule has 0 heterocycles. The van der Waals surface area contributed by atoms with Gasteiger partial charge in [0.15, 0.2) is 0 Å². The fraction of sp³-hybridized carbons (Fsp3) is 0.130. The van der Waals surface area contributed by atoms with E-state index in [0.717, 1.165) is 11.1 Å². The molecule has 0 atom stereocenters. The zero-order valence-electron chi connectivity index (χ0n) is 15.8. The van der Waals surface area contributed by atoms with Gasteiger partial charge in [-0.2, -0.15) is 5.26 Å². The first kappa shape index (κ1) is 19.9. The third kappa shape index (κ3) is 5.56. The molecule has 3 rings (SSSR count). The Labute approximate surface area is 168 Å². The smallest absolute Gasteiger partial charge is 0.411 e. The summed E-state index contributed by atoms with van der Waals surface area (Å²) in [6.45, 7) is 1.99. The van der Waals surface area contributed by atoms with Gasteiger partial charge in [0, 0.05) is 11.3 Å². The number of benzene rings is 3. The van der Waals surface area contributed by atoms with Crippen LogP contribution in [0, 0.1) is 24.1 Å². The molecule has 1 N–H and O–H groups in total. The van der Waals surface area contributed by atoms with Crippen molar-refractivity contribution >= 4 is 11.8 Å². The number of nitriles is 1. The van der Waals surface area contributed by atoms with Gasteiger partial charge in [-0.15, -0.1) is 0 Å². The standard InChI is InChI=1S/C23H19FN2O3/c1-16-11-20(28-15-19-12-18(13-25)7-9-21(19)24)8-10-22(16)26-23(27)29-14-17-5-3-2-4-6-17/h2-12H,14-15H2,1H3,(H,26,27). The van der Waals surface area contributed by atoms with E-state index in [9.17, 15) is 9.18 Å². The maximum Gasteiger partial charge on any atom is 0.411 e. The van der Waals surface area contributed by atoms with Gasteiger partial charge in [-0.3, -0.25) is 5.32 Å². The first-order chi connectivity index (χ1) is 14.0. The zero-order chi connectivity index (χ0) is 20.6. The minimum absolute atomic E-state index is 0.00726. The maximum atomic E-state index is 13.8. The molecule has 0 radical (unpaired) electrons. The lowest BCUT2D eigenvalue weighted by molar-refractivity contribution is 0.155. The van der Waals surface area contributed by atoms with Crippen molar-refractivity contribution in [1.29, 1.82) is 5.26 Å². The SMILES string of the molecule is Cc1cc(OCc2cc(C#N)ccc2F)ccc1NC(=O)OCc1ccccc1. The molecule has 5 nitrogen and oxygen atoms in total. The van der Waals surface area contributed by atoms with Crippen LogP contribution in [0.1, 0.15) is 22.3 Å². The second-order valence-electron chi connectivity index (χ2n) is 6.37. The fourth-order valence-corrected chi connectivity index (χ4v) is 2.65. The highest BCUT2D eigenvalue weighted by Crippen LogP contribution is 2.23. The number of carbonyl (C=O) groups excluding carboxylic acids is 1. The Hall–Kier alpha value is -3.85. The Kier molecular flexibility index (Phi) is 6.43. The van der Waals surface area contributed by atoms with E-state index < -0.39 is 11.9 Å². The molecule has 3 aromatic rings. The van der Waals surface area contributed by atoms with Crippen LogP contribution >= 0.6 is 0 Å². The number of halogens is 1. The van der Waals surface area contributed by atoms with Crippen LogP contribution in [0.25, 0.3) is 0 Å². The predicted molar refractivity (Wildman–Crippen MR) is 107 cm³/mol. The monoisotopic (exact) mass is 390 g/mol. The van der Waals surface area contributed by atoms with Gasteiger partial charge in [0.1, 0.15) is 24.8 Å². The summed E-state index contributed by atoms with van der Waals surface area (Å²) in [6, 6.07) is 20.6. The number of nitrogens with one attached hydrogen (secondary N) is 1. The molecule has 0 aliphatic carbocycles. The zero-order valence-corrected chi connectivity index (χ0v) is 15.8. The summed E-state index contributed by atoms with van der Waals surface area (Å²) in [5.41, 5.74) is 2.93. The van der Waals surface area contributed by atoms with Gasteiger partial charge in [-0.25, -0.2) is 9.18 Å². The number of hydrogen-bond donors (Lipinski definition) is 1. The van der Waals surface area contributed by atoms with Gasteiger partial charge in [0.2, 0.25) is 0 Å². The van der Waals surface area contributed by atoms with Gasteiger partial charge < -0.3 is 9.47 Å². The van der Waals surface area contributed by atoms with E-state index in [1.54, 1.807) is 18.2 Å². The molecule has 0 saturated heterocycles. The number of anilines is 1. The molecular formula is C23H19FN2O3. The molecule has 0 aliphatic heterocycles. The maximum absolute atomic E-state index is 13.8. The second-order valence-corrected chi connectivity index (χ2v) is 6.37. The summed E-state index contributed by atoms with van der Waals surface area (Å²) in [5.74, 6) is 0.0904. The molecule has 0 fully saturated rings. The molecule has 0 saturated carbocycles. The lowest BCUT2D eigenvalue weighted by Crippen LogP contribution is -2.14. The van der Waals surface area contributed by atoms with Gasteiger partial charge in [-0.1, -0.05) is 30.3 Å². The Bertz CT molecular complexity index is 1050. The molecule has 0 aliphatic rings. The van der Waals surface area contributed by atoms with Crippen LogP contribution in [-0.4, -0.2) is 6.09 Å². The van der Waals surface area contributed by atoms with Crippen molar-refractivity contribution < 1.29 is 18.7 Å². The highest BCUT2D eigenvalue weighted by Gasteiger charge is 2.09. The molecular weight excluding hydrogens is 371 g/mol. The average molecular weight is 390 g/mol. The Balaban J connectivity index is 1.57. The number of ether oxygens (including phenoxy) is 2. The first-order valence-corrected chi connectivity index (χ1v) is 8.95. The van der Waals surface area contributed by atoms with Crippen LogP contribution in [0.15, 0.2) is 66.7 Å². The van der Waals surface area contributed by atoms with Crippen LogP contribution in [0.4, 0.5) is 14.9 Å². The summed E-state index contributed by atoms with van der Waals surface area (Å²) in [6.07, 6.45) is -0.555. The second kappa shape index (κ2) is 9.38. The Morgan fingerprint density at radius 3 is 2.59 bits per heavy atom. The van der Waals surface area contributed by atoms with Crippen LogP contribution in [0.3, 0.4) is 0 Å². The van der Waals surface area contributed by atoms with Crippen molar-refractivity contribution in [3.63, 3.8) is 0 Å². The molecule has 0 spiro atoms. The van der Waals surface area contributed by atoms with Crippen LogP contribution in [0.2, 0.25) is 0 Å². The fourth-order valence-electron chi connectivity index (χ4n) is 2.65. The van der Waals surface area contributed by atoms with Gasteiger partial charge in [0.25, 0.3) is 0 Å². The van der Waals surface area contributed by atoms with Crippen LogP contribution in [-0.2, 0) is 18.0 Å². The Morgan fingerprint density at radius 2 is 1.86 bits per heavy atom. The number of nitrogens with zero attached hydrogens (tertiary/aromatic N) is 1. The van der Waals surface area contributed by atoms with Crippen LogP contribution < -0.4 is 10.1 Å². The molecule has 29 heavy (non-hydrogen) atoms. The summed E-state index contributed by atoms with van der Waals surface area (Å²) in [5, 5.41) is 11.6.